The number of aromatic hydroxyl groups is 8. The second-order valence-corrected chi connectivity index (χ2v) is 10.3. The number of rotatable bonds is 3. The molecular formula is C30H26O12. The minimum Gasteiger partial charge on any atom is -0.507 e. The van der Waals surface area contributed by atoms with Crippen LogP contribution in [0.1, 0.15) is 34.5 Å². The first-order chi connectivity index (χ1) is 19.9. The second kappa shape index (κ2) is 9.72. The summed E-state index contributed by atoms with van der Waals surface area (Å²) in [6.07, 6.45) is -4.82. The quantitative estimate of drug-likeness (QED) is 0.159. The van der Waals surface area contributed by atoms with Crippen LogP contribution in [0.2, 0.25) is 0 Å². The van der Waals surface area contributed by atoms with Crippen LogP contribution in [0, 0.1) is 0 Å². The standard InChI is InChI=1S/C30H26O12/c31-15-3-1-11(5-17(15)33)29-21(37)7-13-23(41-29)9-19(35)25(27(13)39)26-20(36)10-24-14(28(26)40)8-22(38)30(42-24)12-2-4-16(32)18(34)6-12/h1-6,9-10,21-22,29-40H,7-8H2/t21-,22-,29+,30+/m0/s1. The molecule has 0 aliphatic carbocycles. The normalized spacial score (nSPS) is 21.1. The maximum absolute atomic E-state index is 11.2. The summed E-state index contributed by atoms with van der Waals surface area (Å²) >= 11 is 0. The van der Waals surface area contributed by atoms with E-state index in [1.165, 1.54) is 36.4 Å². The number of ether oxygens (including phenoxy) is 2. The van der Waals surface area contributed by atoms with Gasteiger partial charge >= 0.3 is 0 Å². The molecule has 6 rings (SSSR count). The molecule has 0 saturated carbocycles. The third kappa shape index (κ3) is 4.24. The van der Waals surface area contributed by atoms with Crippen LogP contribution >= 0.6 is 0 Å². The number of hydrogen-bond donors (Lipinski definition) is 10. The Labute approximate surface area is 237 Å². The van der Waals surface area contributed by atoms with E-state index in [0.717, 1.165) is 12.1 Å². The molecule has 218 valence electrons. The molecule has 42 heavy (non-hydrogen) atoms. The van der Waals surface area contributed by atoms with Crippen LogP contribution in [0.4, 0.5) is 0 Å². The van der Waals surface area contributed by atoms with Gasteiger partial charge in [0.15, 0.2) is 23.0 Å². The molecule has 4 aromatic carbocycles. The molecule has 0 aromatic heterocycles. The van der Waals surface area contributed by atoms with Gasteiger partial charge < -0.3 is 60.5 Å². The fourth-order valence-corrected chi connectivity index (χ4v) is 5.52. The zero-order valence-corrected chi connectivity index (χ0v) is 21.6. The summed E-state index contributed by atoms with van der Waals surface area (Å²) in [6.45, 7) is 0. The highest BCUT2D eigenvalue weighted by molar-refractivity contribution is 5.88. The first-order valence-corrected chi connectivity index (χ1v) is 12.8. The Kier molecular flexibility index (Phi) is 6.24. The fraction of sp³-hybridized carbons (Fsp3) is 0.200. The van der Waals surface area contributed by atoms with Crippen molar-refractivity contribution < 1.29 is 60.5 Å². The van der Waals surface area contributed by atoms with Crippen LogP contribution < -0.4 is 9.47 Å². The summed E-state index contributed by atoms with van der Waals surface area (Å²) in [4.78, 5) is 0. The van der Waals surface area contributed by atoms with Gasteiger partial charge in [0.2, 0.25) is 0 Å². The van der Waals surface area contributed by atoms with Gasteiger partial charge in [-0.15, -0.1) is 0 Å². The second-order valence-electron chi connectivity index (χ2n) is 10.3. The molecule has 0 radical (unpaired) electrons. The fourth-order valence-electron chi connectivity index (χ4n) is 5.52. The highest BCUT2D eigenvalue weighted by Gasteiger charge is 2.38. The lowest BCUT2D eigenvalue weighted by Crippen LogP contribution is -2.30. The molecule has 0 spiro atoms. The van der Waals surface area contributed by atoms with Crippen molar-refractivity contribution in [3.8, 4) is 68.6 Å². The molecule has 0 saturated heterocycles. The molecule has 4 atom stereocenters. The lowest BCUT2D eigenvalue weighted by molar-refractivity contribution is 0.0195. The number of phenolic OH excluding ortho intramolecular Hbond substituents is 8. The number of hydrogen-bond acceptors (Lipinski definition) is 12. The third-order valence-electron chi connectivity index (χ3n) is 7.63. The predicted octanol–water partition coefficient (Wildman–Crippen LogP) is 3.07. The van der Waals surface area contributed by atoms with Gasteiger partial charge in [-0.1, -0.05) is 12.1 Å². The molecule has 4 aromatic rings. The highest BCUT2D eigenvalue weighted by atomic mass is 16.5. The van der Waals surface area contributed by atoms with Crippen molar-refractivity contribution in [2.24, 2.45) is 0 Å². The number of aliphatic hydroxyl groups excluding tert-OH is 2. The Morgan fingerprint density at radius 3 is 1.21 bits per heavy atom. The molecule has 2 aliphatic rings. The van der Waals surface area contributed by atoms with Crippen LogP contribution in [-0.4, -0.2) is 63.3 Å². The summed E-state index contributed by atoms with van der Waals surface area (Å²) in [7, 11) is 0. The highest BCUT2D eigenvalue weighted by Crippen LogP contribution is 2.56. The maximum Gasteiger partial charge on any atom is 0.157 e. The van der Waals surface area contributed by atoms with Gasteiger partial charge in [-0.2, -0.15) is 0 Å². The van der Waals surface area contributed by atoms with Crippen molar-refractivity contribution in [3.63, 3.8) is 0 Å². The van der Waals surface area contributed by atoms with Crippen LogP contribution in [0.15, 0.2) is 48.5 Å². The van der Waals surface area contributed by atoms with E-state index in [2.05, 4.69) is 0 Å². The zero-order chi connectivity index (χ0) is 30.0. The lowest BCUT2D eigenvalue weighted by Gasteiger charge is -2.33. The van der Waals surface area contributed by atoms with Crippen LogP contribution in [0.25, 0.3) is 11.1 Å². The molecule has 2 aliphatic heterocycles. The van der Waals surface area contributed by atoms with Crippen molar-refractivity contribution in [2.45, 2.75) is 37.3 Å². The van der Waals surface area contributed by atoms with Crippen molar-refractivity contribution in [3.05, 3.63) is 70.8 Å². The molecule has 0 unspecified atom stereocenters. The maximum atomic E-state index is 11.2. The average molecular weight is 579 g/mol. The summed E-state index contributed by atoms with van der Waals surface area (Å²) in [5.74, 6) is -3.84. The Balaban J connectivity index is 1.38. The van der Waals surface area contributed by atoms with Gasteiger partial charge in [-0.3, -0.25) is 0 Å². The predicted molar refractivity (Wildman–Crippen MR) is 144 cm³/mol. The SMILES string of the molecule is Oc1ccc([C@H]2Oc3cc(O)c(-c4c(O)cc5c(c4O)C[C@H](O)[C@@H](c4ccc(O)c(O)c4)O5)c(O)c3C[C@@H]2O)cc1O. The van der Waals surface area contributed by atoms with E-state index in [1.807, 2.05) is 0 Å². The average Bonchev–Trinajstić information content (AvgIpc) is 2.94. The van der Waals surface area contributed by atoms with E-state index in [9.17, 15) is 51.1 Å². The van der Waals surface area contributed by atoms with Crippen molar-refractivity contribution in [1.29, 1.82) is 0 Å². The largest absolute Gasteiger partial charge is 0.507 e. The molecule has 0 bridgehead atoms. The number of benzene rings is 4. The van der Waals surface area contributed by atoms with E-state index in [4.69, 9.17) is 9.47 Å². The smallest absolute Gasteiger partial charge is 0.157 e. The molecule has 0 fully saturated rings. The van der Waals surface area contributed by atoms with E-state index < -0.39 is 58.9 Å². The van der Waals surface area contributed by atoms with Crippen molar-refractivity contribution >= 4 is 0 Å². The molecular weight excluding hydrogens is 552 g/mol. The summed E-state index contributed by atoms with van der Waals surface area (Å²) < 4.78 is 11.7. The van der Waals surface area contributed by atoms with Gasteiger partial charge in [0.1, 0.15) is 46.7 Å². The Morgan fingerprint density at radius 2 is 0.857 bits per heavy atom. The number of fused-ring (bicyclic) bond motifs is 2. The minimum absolute atomic E-state index is 0.00676. The van der Waals surface area contributed by atoms with Gasteiger partial charge in [0.25, 0.3) is 0 Å². The van der Waals surface area contributed by atoms with Crippen molar-refractivity contribution in [1.82, 2.24) is 0 Å². The van der Waals surface area contributed by atoms with Gasteiger partial charge in [-0.25, -0.2) is 0 Å². The molecule has 12 nitrogen and oxygen atoms in total. The van der Waals surface area contributed by atoms with Gasteiger partial charge in [-0.05, 0) is 35.4 Å². The number of phenols is 8. The summed E-state index contributed by atoms with van der Waals surface area (Å²) in [6, 6.07) is 10.1. The van der Waals surface area contributed by atoms with E-state index in [1.54, 1.807) is 0 Å². The van der Waals surface area contributed by atoms with Gasteiger partial charge in [0.05, 0.1) is 23.3 Å². The lowest BCUT2D eigenvalue weighted by atomic mass is 9.88. The Bertz CT molecular complexity index is 1610. The van der Waals surface area contributed by atoms with E-state index >= 15 is 0 Å². The minimum atomic E-state index is -1.23. The first-order valence-electron chi connectivity index (χ1n) is 12.8. The van der Waals surface area contributed by atoms with E-state index in [0.29, 0.717) is 11.1 Å². The third-order valence-corrected chi connectivity index (χ3v) is 7.63. The van der Waals surface area contributed by atoms with Gasteiger partial charge in [0, 0.05) is 36.1 Å². The van der Waals surface area contributed by atoms with Crippen molar-refractivity contribution in [2.75, 3.05) is 0 Å². The Morgan fingerprint density at radius 1 is 0.476 bits per heavy atom. The van der Waals surface area contributed by atoms with E-state index in [-0.39, 0.29) is 58.1 Å². The number of aliphatic hydroxyl groups is 2. The zero-order valence-electron chi connectivity index (χ0n) is 21.6. The monoisotopic (exact) mass is 578 g/mol. The van der Waals surface area contributed by atoms with Crippen LogP contribution in [0.3, 0.4) is 0 Å². The Hall–Kier alpha value is -5.20. The topological polar surface area (TPSA) is 221 Å². The molecule has 2 heterocycles. The van der Waals surface area contributed by atoms with Crippen LogP contribution in [-0.2, 0) is 12.8 Å². The summed E-state index contributed by atoms with van der Waals surface area (Å²) in [5.41, 5.74) is 0.127. The summed E-state index contributed by atoms with van der Waals surface area (Å²) in [5, 5.41) is 105. The molecule has 0 amide bonds. The van der Waals surface area contributed by atoms with Crippen LogP contribution in [0.5, 0.6) is 57.5 Å². The first kappa shape index (κ1) is 27.0. The molecule has 12 heteroatoms. The molecule has 10 N–H and O–H groups in total.